The Morgan fingerprint density at radius 3 is 2.20 bits per heavy atom. The minimum absolute atomic E-state index is 0.0385. The third kappa shape index (κ3) is 2.51. The van der Waals surface area contributed by atoms with Crippen LogP contribution in [0.1, 0.15) is 5.56 Å². The first kappa shape index (κ1) is 11.1. The van der Waals surface area contributed by atoms with Crippen LogP contribution in [0.25, 0.3) is 5.70 Å². The van der Waals surface area contributed by atoms with Gasteiger partial charge in [0.05, 0.1) is 5.70 Å². The van der Waals surface area contributed by atoms with Gasteiger partial charge in [-0.3, -0.25) is 0 Å². The van der Waals surface area contributed by atoms with Crippen LogP contribution in [0.5, 0.6) is 0 Å². The van der Waals surface area contributed by atoms with Gasteiger partial charge in [-0.25, -0.2) is 4.39 Å². The highest BCUT2D eigenvalue weighted by atomic mass is 32.1. The topological polar surface area (TPSA) is 75.8 Å². The van der Waals surface area contributed by atoms with Crippen molar-refractivity contribution in [2.24, 2.45) is 11.5 Å². The first-order valence-electron chi connectivity index (χ1n) is 4.02. The van der Waals surface area contributed by atoms with Gasteiger partial charge in [0.1, 0.15) is 22.4 Å². The van der Waals surface area contributed by atoms with E-state index in [2.05, 4.69) is 12.2 Å². The molecule has 0 saturated carbocycles. The maximum absolute atomic E-state index is 12.6. The lowest BCUT2D eigenvalue weighted by Crippen LogP contribution is -2.15. The molecule has 0 amide bonds. The summed E-state index contributed by atoms with van der Waals surface area (Å²) in [5.74, 6) is -0.375. The molecule has 0 spiro atoms. The molecule has 0 bridgehead atoms. The quantitative estimate of drug-likeness (QED) is 0.448. The summed E-state index contributed by atoms with van der Waals surface area (Å²) in [7, 11) is 0. The normalized spacial score (nSPS) is 11.5. The fourth-order valence-electron chi connectivity index (χ4n) is 1.02. The van der Waals surface area contributed by atoms with E-state index in [9.17, 15) is 4.39 Å². The third-order valence-electron chi connectivity index (χ3n) is 1.78. The Hall–Kier alpha value is -1.93. The third-order valence-corrected chi connectivity index (χ3v) is 1.99. The van der Waals surface area contributed by atoms with E-state index in [1.165, 1.54) is 24.3 Å². The molecule has 0 aliphatic heterocycles. The van der Waals surface area contributed by atoms with Crippen molar-refractivity contribution < 1.29 is 4.39 Å². The lowest BCUT2D eigenvalue weighted by Gasteiger charge is -2.04. The maximum atomic E-state index is 12.6. The van der Waals surface area contributed by atoms with Crippen LogP contribution < -0.4 is 11.5 Å². The van der Waals surface area contributed by atoms with Crippen LogP contribution >= 0.6 is 12.2 Å². The second-order valence-corrected chi connectivity index (χ2v) is 3.21. The molecule has 1 rings (SSSR count). The first-order chi connectivity index (χ1) is 7.06. The van der Waals surface area contributed by atoms with E-state index < -0.39 is 0 Å². The van der Waals surface area contributed by atoms with Crippen LogP contribution in [0, 0.1) is 17.1 Å². The molecule has 0 unspecified atom stereocenters. The Bertz CT molecular complexity index is 457. The SMILES string of the molecule is N#C/C(C(N)=S)=C(/N)c1ccc(F)cc1. The van der Waals surface area contributed by atoms with Crippen molar-refractivity contribution in [2.75, 3.05) is 0 Å². The zero-order chi connectivity index (χ0) is 11.4. The van der Waals surface area contributed by atoms with Crippen molar-refractivity contribution in [3.05, 3.63) is 41.2 Å². The molecule has 0 aliphatic carbocycles. The summed E-state index contributed by atoms with van der Waals surface area (Å²) in [5, 5.41) is 8.75. The Kier molecular flexibility index (Phi) is 3.37. The lowest BCUT2D eigenvalue weighted by molar-refractivity contribution is 0.627. The molecule has 0 aliphatic rings. The van der Waals surface area contributed by atoms with Gasteiger partial charge in [-0.15, -0.1) is 0 Å². The van der Waals surface area contributed by atoms with E-state index in [4.69, 9.17) is 16.7 Å². The Labute approximate surface area is 91.8 Å². The molecule has 1 aromatic carbocycles. The van der Waals surface area contributed by atoms with Crippen LogP contribution in [0.2, 0.25) is 0 Å². The molecule has 3 nitrogen and oxygen atoms in total. The van der Waals surface area contributed by atoms with Crippen molar-refractivity contribution >= 4 is 22.9 Å². The van der Waals surface area contributed by atoms with Gasteiger partial charge in [0.15, 0.2) is 0 Å². The number of thiocarbonyl (C=S) groups is 1. The van der Waals surface area contributed by atoms with E-state index in [1.54, 1.807) is 0 Å². The molecular weight excluding hydrogens is 213 g/mol. The fraction of sp³-hybridized carbons (Fsp3) is 0. The van der Waals surface area contributed by atoms with Crippen LogP contribution in [0.3, 0.4) is 0 Å². The van der Waals surface area contributed by atoms with Gasteiger partial charge in [0, 0.05) is 0 Å². The molecule has 0 saturated heterocycles. The van der Waals surface area contributed by atoms with E-state index in [0.29, 0.717) is 5.56 Å². The number of nitriles is 1. The van der Waals surface area contributed by atoms with Crippen LogP contribution in [-0.4, -0.2) is 4.99 Å². The second-order valence-electron chi connectivity index (χ2n) is 2.77. The smallest absolute Gasteiger partial charge is 0.123 e. The number of hydrogen-bond donors (Lipinski definition) is 2. The first-order valence-corrected chi connectivity index (χ1v) is 4.42. The summed E-state index contributed by atoms with van der Waals surface area (Å²) in [6, 6.07) is 7.22. The average Bonchev–Trinajstić information content (AvgIpc) is 2.19. The molecule has 5 heteroatoms. The number of nitrogens with two attached hydrogens (primary N) is 2. The minimum Gasteiger partial charge on any atom is -0.397 e. The number of nitrogens with zero attached hydrogens (tertiary/aromatic N) is 1. The lowest BCUT2D eigenvalue weighted by atomic mass is 10.1. The summed E-state index contributed by atoms with van der Waals surface area (Å²) in [6.07, 6.45) is 0. The second kappa shape index (κ2) is 4.53. The standard InChI is InChI=1S/C10H8FN3S/c11-7-3-1-6(2-4-7)9(13)8(5-12)10(14)15/h1-4H,13H2,(H2,14,15)/b9-8-. The van der Waals surface area contributed by atoms with Crippen molar-refractivity contribution in [3.8, 4) is 6.07 Å². The van der Waals surface area contributed by atoms with Gasteiger partial charge in [0.2, 0.25) is 0 Å². The molecule has 0 atom stereocenters. The molecule has 4 N–H and O–H groups in total. The van der Waals surface area contributed by atoms with Gasteiger partial charge in [-0.05, 0) is 29.8 Å². The Balaban J connectivity index is 3.24. The van der Waals surface area contributed by atoms with Crippen molar-refractivity contribution in [2.45, 2.75) is 0 Å². The van der Waals surface area contributed by atoms with Gasteiger partial charge < -0.3 is 11.5 Å². The largest absolute Gasteiger partial charge is 0.397 e. The van der Waals surface area contributed by atoms with E-state index >= 15 is 0 Å². The summed E-state index contributed by atoms with van der Waals surface area (Å²) in [5.41, 5.74) is 11.7. The summed E-state index contributed by atoms with van der Waals surface area (Å²) in [4.78, 5) is -0.0701. The van der Waals surface area contributed by atoms with Gasteiger partial charge in [-0.1, -0.05) is 12.2 Å². The van der Waals surface area contributed by atoms with Crippen LogP contribution in [-0.2, 0) is 0 Å². The van der Waals surface area contributed by atoms with E-state index in [1.807, 2.05) is 6.07 Å². The van der Waals surface area contributed by atoms with Crippen molar-refractivity contribution in [1.82, 2.24) is 0 Å². The molecule has 0 radical (unpaired) electrons. The molecule has 0 aromatic heterocycles. The highest BCUT2D eigenvalue weighted by Gasteiger charge is 2.07. The molecule has 15 heavy (non-hydrogen) atoms. The minimum atomic E-state index is -0.375. The number of hydrogen-bond acceptors (Lipinski definition) is 3. The number of benzene rings is 1. The van der Waals surface area contributed by atoms with Gasteiger partial charge in [-0.2, -0.15) is 5.26 Å². The summed E-state index contributed by atoms with van der Waals surface area (Å²) >= 11 is 4.66. The number of rotatable bonds is 2. The molecular formula is C10H8FN3S. The predicted molar refractivity (Wildman–Crippen MR) is 59.9 cm³/mol. The molecule has 1 aromatic rings. The molecule has 0 heterocycles. The van der Waals surface area contributed by atoms with Crippen LogP contribution in [0.4, 0.5) is 4.39 Å². The Morgan fingerprint density at radius 2 is 1.80 bits per heavy atom. The number of halogens is 1. The van der Waals surface area contributed by atoms with Crippen molar-refractivity contribution in [3.63, 3.8) is 0 Å². The highest BCUT2D eigenvalue weighted by molar-refractivity contribution is 7.80. The van der Waals surface area contributed by atoms with E-state index in [-0.39, 0.29) is 22.1 Å². The zero-order valence-electron chi connectivity index (χ0n) is 7.70. The van der Waals surface area contributed by atoms with Gasteiger partial charge >= 0.3 is 0 Å². The predicted octanol–water partition coefficient (Wildman–Crippen LogP) is 1.31. The Morgan fingerprint density at radius 1 is 1.27 bits per heavy atom. The summed E-state index contributed by atoms with van der Waals surface area (Å²) in [6.45, 7) is 0. The van der Waals surface area contributed by atoms with Crippen LogP contribution in [0.15, 0.2) is 29.8 Å². The summed E-state index contributed by atoms with van der Waals surface area (Å²) < 4.78 is 12.6. The molecule has 0 fully saturated rings. The van der Waals surface area contributed by atoms with Gasteiger partial charge in [0.25, 0.3) is 0 Å². The highest BCUT2D eigenvalue weighted by Crippen LogP contribution is 2.14. The monoisotopic (exact) mass is 221 g/mol. The molecule has 76 valence electrons. The van der Waals surface area contributed by atoms with E-state index in [0.717, 1.165) is 0 Å². The zero-order valence-corrected chi connectivity index (χ0v) is 8.51. The maximum Gasteiger partial charge on any atom is 0.123 e. The van der Waals surface area contributed by atoms with Crippen molar-refractivity contribution in [1.29, 1.82) is 5.26 Å². The average molecular weight is 221 g/mol. The fourth-order valence-corrected chi connectivity index (χ4v) is 1.18.